The lowest BCUT2D eigenvalue weighted by atomic mass is 9.96. The zero-order valence-corrected chi connectivity index (χ0v) is 9.86. The molecular formula is C12H20N2O. The Labute approximate surface area is 92.1 Å². The molecule has 15 heavy (non-hydrogen) atoms. The minimum Gasteiger partial charge on any atom is -0.326 e. The summed E-state index contributed by atoms with van der Waals surface area (Å²) in [6.45, 7) is 6.99. The summed E-state index contributed by atoms with van der Waals surface area (Å²) in [6.07, 6.45) is 2.61. The molecule has 84 valence electrons. The molecule has 0 aromatic heterocycles. The van der Waals surface area contributed by atoms with Crippen LogP contribution in [-0.4, -0.2) is 23.4 Å². The summed E-state index contributed by atoms with van der Waals surface area (Å²) < 4.78 is 0. The van der Waals surface area contributed by atoms with Crippen molar-refractivity contribution < 1.29 is 4.79 Å². The summed E-state index contributed by atoms with van der Waals surface area (Å²) >= 11 is 0. The van der Waals surface area contributed by atoms with Gasteiger partial charge in [-0.05, 0) is 25.2 Å². The lowest BCUT2D eigenvalue weighted by Gasteiger charge is -2.21. The van der Waals surface area contributed by atoms with Crippen molar-refractivity contribution in [2.45, 2.75) is 46.1 Å². The van der Waals surface area contributed by atoms with Gasteiger partial charge in [0.25, 0.3) is 0 Å². The van der Waals surface area contributed by atoms with Gasteiger partial charge in [0, 0.05) is 12.5 Å². The SMILES string of the molecule is CCC(C#N)N1CCC(CC(C)C)C1=O. The molecule has 0 aliphatic carbocycles. The van der Waals surface area contributed by atoms with E-state index in [0.717, 1.165) is 25.8 Å². The summed E-state index contributed by atoms with van der Waals surface area (Å²) in [5.74, 6) is 0.908. The van der Waals surface area contributed by atoms with Gasteiger partial charge in [-0.25, -0.2) is 0 Å². The average Bonchev–Trinajstić information content (AvgIpc) is 2.51. The van der Waals surface area contributed by atoms with E-state index in [2.05, 4.69) is 19.9 Å². The van der Waals surface area contributed by atoms with Crippen molar-refractivity contribution in [2.24, 2.45) is 11.8 Å². The quantitative estimate of drug-likeness (QED) is 0.710. The molecule has 2 atom stereocenters. The van der Waals surface area contributed by atoms with Crippen molar-refractivity contribution >= 4 is 5.91 Å². The van der Waals surface area contributed by atoms with Gasteiger partial charge in [0.1, 0.15) is 6.04 Å². The molecule has 0 aromatic carbocycles. The second kappa shape index (κ2) is 5.16. The first kappa shape index (κ1) is 12.0. The second-order valence-corrected chi connectivity index (χ2v) is 4.70. The van der Waals surface area contributed by atoms with Crippen molar-refractivity contribution in [3.05, 3.63) is 0 Å². The van der Waals surface area contributed by atoms with E-state index in [9.17, 15) is 4.79 Å². The van der Waals surface area contributed by atoms with Crippen LogP contribution in [-0.2, 0) is 4.79 Å². The standard InChI is InChI=1S/C12H20N2O/c1-4-11(8-13)14-6-5-10(12(14)15)7-9(2)3/h9-11H,4-7H2,1-3H3. The summed E-state index contributed by atoms with van der Waals surface area (Å²) in [5.41, 5.74) is 0. The highest BCUT2D eigenvalue weighted by Crippen LogP contribution is 2.26. The predicted molar refractivity (Wildman–Crippen MR) is 59.0 cm³/mol. The fraction of sp³-hybridized carbons (Fsp3) is 0.833. The van der Waals surface area contributed by atoms with Gasteiger partial charge in [0.05, 0.1) is 6.07 Å². The second-order valence-electron chi connectivity index (χ2n) is 4.70. The van der Waals surface area contributed by atoms with E-state index in [4.69, 9.17) is 5.26 Å². The van der Waals surface area contributed by atoms with Gasteiger partial charge in [-0.1, -0.05) is 20.8 Å². The molecule has 1 heterocycles. The number of nitrogens with zero attached hydrogens (tertiary/aromatic N) is 2. The third-order valence-corrected chi connectivity index (χ3v) is 3.02. The fourth-order valence-electron chi connectivity index (χ4n) is 2.24. The van der Waals surface area contributed by atoms with E-state index in [0.29, 0.717) is 5.92 Å². The van der Waals surface area contributed by atoms with Crippen LogP contribution in [0.1, 0.15) is 40.0 Å². The largest absolute Gasteiger partial charge is 0.326 e. The van der Waals surface area contributed by atoms with Crippen molar-refractivity contribution in [1.82, 2.24) is 4.90 Å². The Morgan fingerprint density at radius 2 is 2.27 bits per heavy atom. The maximum atomic E-state index is 12.0. The van der Waals surface area contributed by atoms with Crippen LogP contribution in [0, 0.1) is 23.2 Å². The molecule has 3 nitrogen and oxygen atoms in total. The highest BCUT2D eigenvalue weighted by Gasteiger charge is 2.35. The van der Waals surface area contributed by atoms with Crippen LogP contribution >= 0.6 is 0 Å². The lowest BCUT2D eigenvalue weighted by molar-refractivity contribution is -0.132. The Bertz CT molecular complexity index is 267. The average molecular weight is 208 g/mol. The van der Waals surface area contributed by atoms with Crippen LogP contribution in [0.4, 0.5) is 0 Å². The third kappa shape index (κ3) is 2.71. The Balaban J connectivity index is 2.60. The highest BCUT2D eigenvalue weighted by molar-refractivity contribution is 5.81. The van der Waals surface area contributed by atoms with Gasteiger partial charge >= 0.3 is 0 Å². The van der Waals surface area contributed by atoms with Gasteiger partial charge in [0.2, 0.25) is 5.91 Å². The zero-order chi connectivity index (χ0) is 11.4. The van der Waals surface area contributed by atoms with Gasteiger partial charge in [-0.3, -0.25) is 4.79 Å². The van der Waals surface area contributed by atoms with Crippen LogP contribution < -0.4 is 0 Å². The lowest BCUT2D eigenvalue weighted by Crippen LogP contribution is -2.36. The van der Waals surface area contributed by atoms with Crippen LogP contribution in [0.25, 0.3) is 0 Å². The van der Waals surface area contributed by atoms with Crippen LogP contribution in [0.2, 0.25) is 0 Å². The van der Waals surface area contributed by atoms with E-state index < -0.39 is 0 Å². The number of carbonyl (C=O) groups excluding carboxylic acids is 1. The minimum atomic E-state index is -0.213. The van der Waals surface area contributed by atoms with E-state index in [-0.39, 0.29) is 17.9 Å². The number of amides is 1. The first-order valence-electron chi connectivity index (χ1n) is 5.80. The highest BCUT2D eigenvalue weighted by atomic mass is 16.2. The number of carbonyl (C=O) groups is 1. The Morgan fingerprint density at radius 1 is 1.60 bits per heavy atom. The van der Waals surface area contributed by atoms with Crippen molar-refractivity contribution in [3.63, 3.8) is 0 Å². The number of likely N-dealkylation sites (tertiary alicyclic amines) is 1. The molecule has 1 fully saturated rings. The number of rotatable bonds is 4. The Kier molecular flexibility index (Phi) is 4.14. The molecule has 3 heteroatoms. The Morgan fingerprint density at radius 3 is 2.73 bits per heavy atom. The molecular weight excluding hydrogens is 188 g/mol. The summed E-state index contributed by atoms with van der Waals surface area (Å²) in [6, 6.07) is 1.99. The summed E-state index contributed by atoms with van der Waals surface area (Å²) in [4.78, 5) is 13.7. The number of hydrogen-bond acceptors (Lipinski definition) is 2. The molecule has 0 spiro atoms. The molecule has 0 radical (unpaired) electrons. The predicted octanol–water partition coefficient (Wildman–Crippen LogP) is 2.18. The normalized spacial score (nSPS) is 23.3. The number of hydrogen-bond donors (Lipinski definition) is 0. The van der Waals surface area contributed by atoms with Crippen molar-refractivity contribution in [2.75, 3.05) is 6.54 Å². The fourth-order valence-corrected chi connectivity index (χ4v) is 2.24. The molecule has 0 bridgehead atoms. The van der Waals surface area contributed by atoms with E-state index in [1.165, 1.54) is 0 Å². The van der Waals surface area contributed by atoms with Crippen LogP contribution in [0.5, 0.6) is 0 Å². The molecule has 0 aromatic rings. The van der Waals surface area contributed by atoms with Gasteiger partial charge < -0.3 is 4.90 Å². The molecule has 1 rings (SSSR count). The monoisotopic (exact) mass is 208 g/mol. The smallest absolute Gasteiger partial charge is 0.226 e. The van der Waals surface area contributed by atoms with Gasteiger partial charge in [-0.15, -0.1) is 0 Å². The summed E-state index contributed by atoms with van der Waals surface area (Å²) in [7, 11) is 0. The van der Waals surface area contributed by atoms with Crippen LogP contribution in [0.15, 0.2) is 0 Å². The molecule has 1 saturated heterocycles. The first-order chi connectivity index (χ1) is 7.10. The summed E-state index contributed by atoms with van der Waals surface area (Å²) in [5, 5.41) is 8.93. The molecule has 1 aliphatic rings. The maximum Gasteiger partial charge on any atom is 0.226 e. The van der Waals surface area contributed by atoms with Crippen molar-refractivity contribution in [1.29, 1.82) is 5.26 Å². The maximum absolute atomic E-state index is 12.0. The van der Waals surface area contributed by atoms with Gasteiger partial charge in [-0.2, -0.15) is 5.26 Å². The molecule has 1 aliphatic heterocycles. The van der Waals surface area contributed by atoms with Crippen LogP contribution in [0.3, 0.4) is 0 Å². The molecule has 0 N–H and O–H groups in total. The minimum absolute atomic E-state index is 0.160. The van der Waals surface area contributed by atoms with Crippen molar-refractivity contribution in [3.8, 4) is 6.07 Å². The van der Waals surface area contributed by atoms with E-state index in [1.807, 2.05) is 6.92 Å². The first-order valence-corrected chi connectivity index (χ1v) is 5.80. The zero-order valence-electron chi connectivity index (χ0n) is 9.86. The van der Waals surface area contributed by atoms with E-state index >= 15 is 0 Å². The Hall–Kier alpha value is -1.04. The van der Waals surface area contributed by atoms with E-state index in [1.54, 1.807) is 4.90 Å². The third-order valence-electron chi connectivity index (χ3n) is 3.02. The topological polar surface area (TPSA) is 44.1 Å². The number of nitriles is 1. The molecule has 0 saturated carbocycles. The van der Waals surface area contributed by atoms with Gasteiger partial charge in [0.15, 0.2) is 0 Å². The molecule has 2 unspecified atom stereocenters. The molecule has 1 amide bonds.